The number of aliphatic hydroxyl groups is 1. The Morgan fingerprint density at radius 1 is 1.39 bits per heavy atom. The summed E-state index contributed by atoms with van der Waals surface area (Å²) in [6.07, 6.45) is 0.509. The van der Waals surface area contributed by atoms with Gasteiger partial charge in [0.15, 0.2) is 0 Å². The molecule has 5 heteroatoms. The van der Waals surface area contributed by atoms with E-state index in [4.69, 9.17) is 5.11 Å². The molecule has 0 fully saturated rings. The van der Waals surface area contributed by atoms with Crippen LogP contribution in [0.1, 0.15) is 13.3 Å². The highest BCUT2D eigenvalue weighted by atomic mass is 79.9. The summed E-state index contributed by atoms with van der Waals surface area (Å²) < 4.78 is 1.06. The number of carbonyl (C=O) groups is 1. The number of hydrogen-bond acceptors (Lipinski definition) is 3. The van der Waals surface area contributed by atoms with Gasteiger partial charge in [0.05, 0.1) is 6.61 Å². The molecule has 0 saturated heterocycles. The van der Waals surface area contributed by atoms with Crippen LogP contribution in [0, 0.1) is 0 Å². The summed E-state index contributed by atoms with van der Waals surface area (Å²) in [5.41, 5.74) is 0. The van der Waals surface area contributed by atoms with Gasteiger partial charge in [-0.2, -0.15) is 0 Å². The second-order valence-corrected chi connectivity index (χ2v) is 5.83. The number of carbonyl (C=O) groups excluding carboxylic acids is 1. The summed E-state index contributed by atoms with van der Waals surface area (Å²) in [5, 5.41) is 8.84. The molecule has 18 heavy (non-hydrogen) atoms. The van der Waals surface area contributed by atoms with Crippen LogP contribution in [0.4, 0.5) is 0 Å². The van der Waals surface area contributed by atoms with Crippen LogP contribution >= 0.6 is 27.7 Å². The Labute approximate surface area is 121 Å². The normalized spacial score (nSPS) is 10.4. The first kappa shape index (κ1) is 15.5. The molecular formula is C13H18BrNO2S. The molecule has 1 aromatic carbocycles. The molecule has 1 rings (SSSR count). The lowest BCUT2D eigenvalue weighted by molar-refractivity contribution is -0.131. The van der Waals surface area contributed by atoms with Crippen molar-refractivity contribution < 1.29 is 9.90 Å². The highest BCUT2D eigenvalue weighted by Crippen LogP contribution is 2.21. The van der Waals surface area contributed by atoms with Gasteiger partial charge >= 0.3 is 0 Å². The Balaban J connectivity index is 2.32. The molecule has 0 atom stereocenters. The average molecular weight is 332 g/mol. The maximum Gasteiger partial charge on any atom is 0.223 e. The highest BCUT2D eigenvalue weighted by Gasteiger charge is 2.10. The molecule has 0 radical (unpaired) electrons. The van der Waals surface area contributed by atoms with Crippen molar-refractivity contribution in [3.63, 3.8) is 0 Å². The van der Waals surface area contributed by atoms with Crippen molar-refractivity contribution in [1.82, 2.24) is 4.90 Å². The van der Waals surface area contributed by atoms with Gasteiger partial charge in [0.1, 0.15) is 0 Å². The van der Waals surface area contributed by atoms with Crippen molar-refractivity contribution in [3.05, 3.63) is 28.7 Å². The molecular weight excluding hydrogens is 314 g/mol. The predicted molar refractivity (Wildman–Crippen MR) is 78.8 cm³/mol. The van der Waals surface area contributed by atoms with Crippen LogP contribution in [0.25, 0.3) is 0 Å². The molecule has 100 valence electrons. The lowest BCUT2D eigenvalue weighted by Crippen LogP contribution is -2.33. The molecule has 0 aliphatic heterocycles. The van der Waals surface area contributed by atoms with E-state index in [1.54, 1.807) is 16.7 Å². The van der Waals surface area contributed by atoms with E-state index in [9.17, 15) is 4.79 Å². The minimum absolute atomic E-state index is 0.0272. The van der Waals surface area contributed by atoms with Crippen LogP contribution in [0.2, 0.25) is 0 Å². The molecule has 3 nitrogen and oxygen atoms in total. The third-order valence-electron chi connectivity index (χ3n) is 2.50. The lowest BCUT2D eigenvalue weighted by Gasteiger charge is -2.19. The Hall–Kier alpha value is -0.520. The fourth-order valence-electron chi connectivity index (χ4n) is 1.53. The maximum atomic E-state index is 11.8. The highest BCUT2D eigenvalue weighted by molar-refractivity contribution is 9.10. The Kier molecular flexibility index (Phi) is 7.39. The Bertz CT molecular complexity index is 370. The molecule has 0 aromatic heterocycles. The van der Waals surface area contributed by atoms with Crippen LogP contribution in [0.3, 0.4) is 0 Å². The number of nitrogens with zero attached hydrogens (tertiary/aromatic N) is 1. The fraction of sp³-hybridized carbons (Fsp3) is 0.462. The third-order valence-corrected chi connectivity index (χ3v) is 4.05. The predicted octanol–water partition coefficient (Wildman–Crippen LogP) is 2.77. The van der Waals surface area contributed by atoms with E-state index in [1.807, 2.05) is 31.2 Å². The fourth-order valence-corrected chi connectivity index (χ4v) is 2.63. The molecule has 1 N–H and O–H groups in total. The summed E-state index contributed by atoms with van der Waals surface area (Å²) >= 11 is 5.06. The lowest BCUT2D eigenvalue weighted by atomic mass is 10.4. The maximum absolute atomic E-state index is 11.8. The number of rotatable bonds is 7. The molecule has 1 aromatic rings. The number of amides is 1. The topological polar surface area (TPSA) is 40.5 Å². The standard InChI is InChI=1S/C13H18BrNO2S/c1-2-15(8-9-16)13(17)7-10-18-12-5-3-11(14)4-6-12/h3-6,16H,2,7-10H2,1H3. The second kappa shape index (κ2) is 8.56. The van der Waals surface area contributed by atoms with Crippen molar-refractivity contribution in [3.8, 4) is 0 Å². The first-order valence-corrected chi connectivity index (χ1v) is 7.72. The van der Waals surface area contributed by atoms with Crippen molar-refractivity contribution in [2.45, 2.75) is 18.2 Å². The van der Waals surface area contributed by atoms with Gasteiger partial charge in [-0.05, 0) is 31.2 Å². The van der Waals surface area contributed by atoms with E-state index < -0.39 is 0 Å². The molecule has 0 aliphatic carbocycles. The van der Waals surface area contributed by atoms with Gasteiger partial charge in [-0.3, -0.25) is 4.79 Å². The molecule has 0 unspecified atom stereocenters. The van der Waals surface area contributed by atoms with Gasteiger partial charge in [-0.1, -0.05) is 15.9 Å². The molecule has 0 aliphatic rings. The van der Waals surface area contributed by atoms with E-state index in [0.29, 0.717) is 19.5 Å². The van der Waals surface area contributed by atoms with E-state index >= 15 is 0 Å². The third kappa shape index (κ3) is 5.42. The summed E-state index contributed by atoms with van der Waals surface area (Å²) in [7, 11) is 0. The number of likely N-dealkylation sites (N-methyl/N-ethyl adjacent to an activating group) is 1. The van der Waals surface area contributed by atoms with Crippen molar-refractivity contribution in [1.29, 1.82) is 0 Å². The largest absolute Gasteiger partial charge is 0.395 e. The van der Waals surface area contributed by atoms with Gasteiger partial charge in [-0.25, -0.2) is 0 Å². The quantitative estimate of drug-likeness (QED) is 0.781. The number of halogens is 1. The van der Waals surface area contributed by atoms with Crippen LogP contribution < -0.4 is 0 Å². The zero-order valence-electron chi connectivity index (χ0n) is 10.4. The minimum Gasteiger partial charge on any atom is -0.395 e. The summed E-state index contributed by atoms with van der Waals surface area (Å²) in [6.45, 7) is 3.04. The molecule has 0 spiro atoms. The zero-order chi connectivity index (χ0) is 13.4. The Morgan fingerprint density at radius 2 is 2.06 bits per heavy atom. The van der Waals surface area contributed by atoms with Crippen molar-refractivity contribution in [2.75, 3.05) is 25.4 Å². The smallest absolute Gasteiger partial charge is 0.223 e. The van der Waals surface area contributed by atoms with Crippen LogP contribution in [-0.2, 0) is 4.79 Å². The molecule has 0 heterocycles. The number of hydrogen-bond donors (Lipinski definition) is 1. The van der Waals surface area contributed by atoms with Gasteiger partial charge in [0.2, 0.25) is 5.91 Å². The zero-order valence-corrected chi connectivity index (χ0v) is 12.8. The van der Waals surface area contributed by atoms with Crippen LogP contribution in [0.5, 0.6) is 0 Å². The van der Waals surface area contributed by atoms with Crippen LogP contribution in [-0.4, -0.2) is 41.4 Å². The molecule has 0 bridgehead atoms. The van der Waals surface area contributed by atoms with Crippen molar-refractivity contribution >= 4 is 33.6 Å². The number of thioether (sulfide) groups is 1. The van der Waals surface area contributed by atoms with E-state index in [1.165, 1.54) is 0 Å². The molecule has 1 amide bonds. The first-order chi connectivity index (χ1) is 8.67. The summed E-state index contributed by atoms with van der Waals surface area (Å²) in [5.74, 6) is 0.874. The summed E-state index contributed by atoms with van der Waals surface area (Å²) in [4.78, 5) is 14.6. The van der Waals surface area contributed by atoms with E-state index in [2.05, 4.69) is 15.9 Å². The average Bonchev–Trinajstić information content (AvgIpc) is 2.38. The van der Waals surface area contributed by atoms with Gasteiger partial charge in [0, 0.05) is 34.6 Å². The number of benzene rings is 1. The van der Waals surface area contributed by atoms with Gasteiger partial charge < -0.3 is 10.0 Å². The second-order valence-electron chi connectivity index (χ2n) is 3.75. The van der Waals surface area contributed by atoms with Crippen LogP contribution in [0.15, 0.2) is 33.6 Å². The van der Waals surface area contributed by atoms with Gasteiger partial charge in [-0.15, -0.1) is 11.8 Å². The van der Waals surface area contributed by atoms with Crippen molar-refractivity contribution in [2.24, 2.45) is 0 Å². The van der Waals surface area contributed by atoms with E-state index in [-0.39, 0.29) is 12.5 Å². The van der Waals surface area contributed by atoms with Gasteiger partial charge in [0.25, 0.3) is 0 Å². The molecule has 0 saturated carbocycles. The summed E-state index contributed by atoms with van der Waals surface area (Å²) in [6, 6.07) is 8.05. The Morgan fingerprint density at radius 3 is 2.61 bits per heavy atom. The minimum atomic E-state index is 0.0272. The van der Waals surface area contributed by atoms with E-state index in [0.717, 1.165) is 15.1 Å². The monoisotopic (exact) mass is 331 g/mol. The SMILES string of the molecule is CCN(CCO)C(=O)CCSc1ccc(Br)cc1. The first-order valence-electron chi connectivity index (χ1n) is 5.94. The number of aliphatic hydroxyl groups excluding tert-OH is 1.